The molecule has 1 aromatic rings. The summed E-state index contributed by atoms with van der Waals surface area (Å²) in [5.74, 6) is -0.757. The molecule has 2 N–H and O–H groups in total. The molecule has 0 aromatic heterocycles. The van der Waals surface area contributed by atoms with Gasteiger partial charge in [0.25, 0.3) is 0 Å². The number of phenols is 2. The number of aryl methyl sites for hydroxylation is 1. The van der Waals surface area contributed by atoms with Crippen LogP contribution in [0.2, 0.25) is 0 Å². The Morgan fingerprint density at radius 1 is 0.558 bits per heavy atom. The minimum atomic E-state index is -0.328. The molecule has 0 aliphatic heterocycles. The fourth-order valence-electron chi connectivity index (χ4n) is 7.25. The summed E-state index contributed by atoms with van der Waals surface area (Å²) in [5.41, 5.74) is 1.78. The van der Waals surface area contributed by atoms with Crippen molar-refractivity contribution in [1.82, 2.24) is 0 Å². The van der Waals surface area contributed by atoms with Gasteiger partial charge in [-0.25, -0.2) is 0 Å². The Labute approximate surface area is 318 Å². The Morgan fingerprint density at radius 2 is 0.981 bits per heavy atom. The fourth-order valence-corrected chi connectivity index (χ4v) is 7.25. The Morgan fingerprint density at radius 3 is 1.44 bits per heavy atom. The molecule has 0 bridgehead atoms. The number of Topliss-reactive ketones (excluding diaryl/α,β-unsaturated/α-hetero) is 1. The maximum Gasteiger partial charge on any atom is 0.224 e. The maximum absolute atomic E-state index is 13.5. The largest absolute Gasteiger partial charge is 0.508 e. The van der Waals surface area contributed by atoms with Crippen molar-refractivity contribution in [1.29, 1.82) is 0 Å². The lowest BCUT2D eigenvalue weighted by atomic mass is 9.82. The number of carbonyl (C=O) groups is 2. The molecule has 0 heterocycles. The van der Waals surface area contributed by atoms with E-state index in [9.17, 15) is 19.8 Å². The van der Waals surface area contributed by atoms with Crippen LogP contribution in [0.5, 0.6) is 11.5 Å². The standard InChI is InChI=1S/C47H74O5/c1-4-6-8-10-12-14-16-18-20-22-24-26-28-30-32-34-39-36-40(48)37-42(49)45(39)46-41(47(51)44(52-3)38-43(46)50)35-33-31-29-27-25-23-21-19-17-15-13-11-9-7-5-2/h18-21,36-38,48-49H,4-17,22-35H2,1-3H3. The number of carbonyl (C=O) groups excluding carboxylic acids is 2. The molecule has 1 aliphatic carbocycles. The van der Waals surface area contributed by atoms with E-state index in [0.717, 1.165) is 64.2 Å². The van der Waals surface area contributed by atoms with Crippen LogP contribution in [0.1, 0.15) is 198 Å². The zero-order valence-electron chi connectivity index (χ0n) is 33.5. The first-order valence-corrected chi connectivity index (χ1v) is 21.4. The highest BCUT2D eigenvalue weighted by atomic mass is 16.5. The molecule has 5 nitrogen and oxygen atoms in total. The number of ketones is 2. The smallest absolute Gasteiger partial charge is 0.224 e. The van der Waals surface area contributed by atoms with Gasteiger partial charge in [-0.3, -0.25) is 9.59 Å². The van der Waals surface area contributed by atoms with E-state index in [1.54, 1.807) is 6.07 Å². The van der Waals surface area contributed by atoms with Gasteiger partial charge in [-0.15, -0.1) is 0 Å². The SMILES string of the molecule is CCCCCCCCC=CCCCCCCCC1=C(c2c(O)cc(O)cc2CCCCCCCC=CCCCCCCCC)C(=O)C=C(OC)C1=O. The van der Waals surface area contributed by atoms with E-state index in [1.807, 2.05) is 0 Å². The third-order valence-corrected chi connectivity index (χ3v) is 10.4. The second kappa shape index (κ2) is 29.4. The lowest BCUT2D eigenvalue weighted by molar-refractivity contribution is -0.117. The van der Waals surface area contributed by atoms with Gasteiger partial charge in [0.2, 0.25) is 5.78 Å². The lowest BCUT2D eigenvalue weighted by Crippen LogP contribution is -2.20. The van der Waals surface area contributed by atoms with E-state index in [2.05, 4.69) is 38.2 Å². The molecule has 0 amide bonds. The van der Waals surface area contributed by atoms with Crippen LogP contribution in [0, 0.1) is 0 Å². The highest BCUT2D eigenvalue weighted by Crippen LogP contribution is 2.40. The summed E-state index contributed by atoms with van der Waals surface area (Å²) < 4.78 is 5.30. The number of phenolic OH excluding ortho intramolecular Hbond substituents is 2. The van der Waals surface area contributed by atoms with Crippen molar-refractivity contribution < 1.29 is 24.5 Å². The third-order valence-electron chi connectivity index (χ3n) is 10.4. The Kier molecular flexibility index (Phi) is 25.5. The summed E-state index contributed by atoms with van der Waals surface area (Å²) >= 11 is 0. The molecule has 52 heavy (non-hydrogen) atoms. The van der Waals surface area contributed by atoms with E-state index in [4.69, 9.17) is 4.74 Å². The van der Waals surface area contributed by atoms with Crippen molar-refractivity contribution >= 4 is 17.1 Å². The molecule has 292 valence electrons. The molecule has 0 fully saturated rings. The number of rotatable bonds is 32. The molecule has 0 radical (unpaired) electrons. The molecular weight excluding hydrogens is 645 g/mol. The number of methoxy groups -OCH3 is 1. The molecular formula is C47H74O5. The van der Waals surface area contributed by atoms with Crippen molar-refractivity contribution in [2.45, 2.75) is 194 Å². The van der Waals surface area contributed by atoms with Crippen LogP contribution in [0.3, 0.4) is 0 Å². The van der Waals surface area contributed by atoms with Crippen LogP contribution in [0.25, 0.3) is 5.57 Å². The predicted octanol–water partition coefficient (Wildman–Crippen LogP) is 13.8. The van der Waals surface area contributed by atoms with Crippen molar-refractivity contribution in [2.75, 3.05) is 7.11 Å². The van der Waals surface area contributed by atoms with Crippen molar-refractivity contribution in [3.8, 4) is 11.5 Å². The lowest BCUT2D eigenvalue weighted by Gasteiger charge is -2.22. The van der Waals surface area contributed by atoms with Gasteiger partial charge in [0.15, 0.2) is 11.5 Å². The van der Waals surface area contributed by atoms with Gasteiger partial charge >= 0.3 is 0 Å². The van der Waals surface area contributed by atoms with Gasteiger partial charge in [0.1, 0.15) is 11.5 Å². The summed E-state index contributed by atoms with van der Waals surface area (Å²) in [5, 5.41) is 21.5. The minimum Gasteiger partial charge on any atom is -0.508 e. The molecule has 5 heteroatoms. The number of unbranched alkanes of at least 4 members (excludes halogenated alkanes) is 22. The summed E-state index contributed by atoms with van der Waals surface area (Å²) in [6.45, 7) is 4.51. The molecule has 1 aromatic carbocycles. The molecule has 0 atom stereocenters. The van der Waals surface area contributed by atoms with Gasteiger partial charge < -0.3 is 14.9 Å². The van der Waals surface area contributed by atoms with Crippen molar-refractivity contribution in [3.63, 3.8) is 0 Å². The highest BCUT2D eigenvalue weighted by Gasteiger charge is 2.32. The topological polar surface area (TPSA) is 83.8 Å². The first kappa shape index (κ1) is 45.1. The Hall–Kier alpha value is -3.08. The number of hydrogen-bond donors (Lipinski definition) is 2. The van der Waals surface area contributed by atoms with E-state index in [-0.39, 0.29) is 34.4 Å². The molecule has 1 aliphatic rings. The normalized spacial score (nSPS) is 13.6. The molecule has 0 unspecified atom stereocenters. The zero-order valence-corrected chi connectivity index (χ0v) is 33.5. The predicted molar refractivity (Wildman–Crippen MR) is 220 cm³/mol. The van der Waals surface area contributed by atoms with Crippen LogP contribution in [0.4, 0.5) is 0 Å². The number of aromatic hydroxyl groups is 2. The van der Waals surface area contributed by atoms with Crippen molar-refractivity contribution in [3.05, 3.63) is 65.0 Å². The molecule has 0 spiro atoms. The van der Waals surface area contributed by atoms with Crippen LogP contribution in [0.15, 0.2) is 53.8 Å². The summed E-state index contributed by atoms with van der Waals surface area (Å²) in [6.07, 6.45) is 42.8. The van der Waals surface area contributed by atoms with Crippen LogP contribution >= 0.6 is 0 Å². The summed E-state index contributed by atoms with van der Waals surface area (Å²) in [7, 11) is 1.41. The number of benzene rings is 1. The fraction of sp³-hybridized carbons (Fsp3) is 0.660. The number of allylic oxidation sites excluding steroid dienone is 7. The van der Waals surface area contributed by atoms with Gasteiger partial charge in [0.05, 0.1) is 7.11 Å². The average molecular weight is 719 g/mol. The Balaban J connectivity index is 1.86. The average Bonchev–Trinajstić information content (AvgIpc) is 3.13. The van der Waals surface area contributed by atoms with E-state index < -0.39 is 0 Å². The Bertz CT molecular complexity index is 1270. The minimum absolute atomic E-state index is 0.0360. The molecule has 0 saturated heterocycles. The van der Waals surface area contributed by atoms with Gasteiger partial charge in [-0.1, -0.05) is 141 Å². The van der Waals surface area contributed by atoms with Crippen LogP contribution in [-0.2, 0) is 20.7 Å². The highest BCUT2D eigenvalue weighted by molar-refractivity contribution is 6.37. The first-order valence-electron chi connectivity index (χ1n) is 21.4. The monoisotopic (exact) mass is 719 g/mol. The van der Waals surface area contributed by atoms with E-state index >= 15 is 0 Å². The quantitative estimate of drug-likeness (QED) is 0.0440. The van der Waals surface area contributed by atoms with Gasteiger partial charge in [-0.05, 0) is 88.7 Å². The van der Waals surface area contributed by atoms with Crippen LogP contribution < -0.4 is 0 Å². The summed E-state index contributed by atoms with van der Waals surface area (Å²) in [6, 6.07) is 2.92. The first-order chi connectivity index (χ1) is 25.4. The van der Waals surface area contributed by atoms with Gasteiger partial charge in [0, 0.05) is 28.9 Å². The number of hydrogen-bond acceptors (Lipinski definition) is 5. The van der Waals surface area contributed by atoms with Crippen LogP contribution in [-0.4, -0.2) is 28.9 Å². The van der Waals surface area contributed by atoms with E-state index in [1.165, 1.54) is 122 Å². The zero-order chi connectivity index (χ0) is 37.7. The maximum atomic E-state index is 13.5. The summed E-state index contributed by atoms with van der Waals surface area (Å²) in [4.78, 5) is 27.0. The molecule has 2 rings (SSSR count). The second-order valence-corrected chi connectivity index (χ2v) is 14.9. The number of ether oxygens (including phenoxy) is 1. The van der Waals surface area contributed by atoms with Gasteiger partial charge in [-0.2, -0.15) is 0 Å². The van der Waals surface area contributed by atoms with Crippen molar-refractivity contribution in [2.24, 2.45) is 0 Å². The van der Waals surface area contributed by atoms with E-state index in [0.29, 0.717) is 29.5 Å². The third kappa shape index (κ3) is 18.6. The molecule has 0 saturated carbocycles. The second-order valence-electron chi connectivity index (χ2n) is 14.9.